The largest absolute Gasteiger partial charge is 0.460 e. The lowest BCUT2D eigenvalue weighted by Crippen LogP contribution is -2.46. The van der Waals surface area contributed by atoms with Crippen molar-refractivity contribution in [1.82, 2.24) is 14.9 Å². The highest BCUT2D eigenvalue weighted by Crippen LogP contribution is 2.33. The third-order valence-electron chi connectivity index (χ3n) is 7.08. The maximum absolute atomic E-state index is 13.8. The number of hydrogen-bond acceptors (Lipinski definition) is 6. The summed E-state index contributed by atoms with van der Waals surface area (Å²) in [6, 6.07) is 15.8. The van der Waals surface area contributed by atoms with E-state index < -0.39 is 11.4 Å². The minimum atomic E-state index is -0.881. The number of benzene rings is 2. The number of nitrogens with one attached hydrogen (secondary N) is 1. The molecular weight excluding hydrogens is 549 g/mol. The van der Waals surface area contributed by atoms with Gasteiger partial charge in [-0.15, -0.1) is 0 Å². The quantitative estimate of drug-likeness (QED) is 0.261. The molecule has 2 heterocycles. The highest BCUT2D eigenvalue weighted by Gasteiger charge is 2.37. The van der Waals surface area contributed by atoms with Crippen LogP contribution in [0.5, 0.6) is 0 Å². The second kappa shape index (κ2) is 13.4. The van der Waals surface area contributed by atoms with Crippen LogP contribution in [0.25, 0.3) is 11.4 Å². The molecule has 8 nitrogen and oxygen atoms in total. The van der Waals surface area contributed by atoms with Crippen LogP contribution in [0.3, 0.4) is 0 Å². The molecule has 0 bridgehead atoms. The number of carbonyl (C=O) groups excluding carboxylic acids is 2. The van der Waals surface area contributed by atoms with E-state index in [0.717, 1.165) is 11.3 Å². The van der Waals surface area contributed by atoms with Gasteiger partial charge in [0.1, 0.15) is 22.9 Å². The van der Waals surface area contributed by atoms with Gasteiger partial charge in [0.05, 0.1) is 24.3 Å². The summed E-state index contributed by atoms with van der Waals surface area (Å²) in [6.45, 7) is 14.1. The van der Waals surface area contributed by atoms with Gasteiger partial charge in [-0.1, -0.05) is 44.2 Å². The number of carbonyl (C=O) groups is 2. The van der Waals surface area contributed by atoms with Crippen LogP contribution in [0, 0.1) is 5.82 Å². The molecule has 3 aromatic rings. The van der Waals surface area contributed by atoms with E-state index in [1.807, 2.05) is 83.4 Å². The maximum atomic E-state index is 13.8. The second-order valence-electron chi connectivity index (χ2n) is 12.8. The van der Waals surface area contributed by atoms with Gasteiger partial charge in [0, 0.05) is 25.1 Å². The summed E-state index contributed by atoms with van der Waals surface area (Å²) >= 11 is 0. The molecule has 2 atom stereocenters. The van der Waals surface area contributed by atoms with Crippen LogP contribution >= 0.6 is 0 Å². The molecule has 0 radical (unpaired) electrons. The number of amides is 1. The first kappa shape index (κ1) is 32.4. The van der Waals surface area contributed by atoms with Crippen molar-refractivity contribution in [1.29, 1.82) is 0 Å². The fourth-order valence-corrected chi connectivity index (χ4v) is 5.49. The van der Waals surface area contributed by atoms with Crippen molar-refractivity contribution in [3.8, 4) is 11.4 Å². The number of esters is 1. The molecule has 9 heteroatoms. The van der Waals surface area contributed by atoms with Crippen LogP contribution < -0.4 is 5.32 Å². The fraction of sp³-hybridized carbons (Fsp3) is 0.500. The van der Waals surface area contributed by atoms with Gasteiger partial charge in [0.2, 0.25) is 0 Å². The Hall–Kier alpha value is -3.56. The van der Waals surface area contributed by atoms with Crippen molar-refractivity contribution < 1.29 is 28.2 Å². The van der Waals surface area contributed by atoms with Crippen molar-refractivity contribution in [2.45, 2.75) is 110 Å². The predicted octanol–water partition coefficient (Wildman–Crippen LogP) is 6.77. The molecule has 0 spiro atoms. The third-order valence-corrected chi connectivity index (χ3v) is 7.08. The number of aromatic nitrogens is 2. The molecule has 4 rings (SSSR count). The van der Waals surface area contributed by atoms with Gasteiger partial charge in [-0.2, -0.15) is 0 Å². The van der Waals surface area contributed by atoms with Gasteiger partial charge >= 0.3 is 5.97 Å². The zero-order valence-electron chi connectivity index (χ0n) is 26.3. The van der Waals surface area contributed by atoms with E-state index in [1.165, 1.54) is 12.1 Å². The molecule has 2 aromatic carbocycles. The molecule has 43 heavy (non-hydrogen) atoms. The zero-order valence-corrected chi connectivity index (χ0v) is 26.3. The molecular formula is C34H44FN3O5. The molecule has 1 fully saturated rings. The van der Waals surface area contributed by atoms with E-state index in [1.54, 1.807) is 12.1 Å². The summed E-state index contributed by atoms with van der Waals surface area (Å²) in [5.41, 5.74) is 2.26. The summed E-state index contributed by atoms with van der Waals surface area (Å²) in [7, 11) is 0. The van der Waals surface area contributed by atoms with E-state index in [-0.39, 0.29) is 42.2 Å². The summed E-state index contributed by atoms with van der Waals surface area (Å²) in [6.07, 6.45) is 0.675. The van der Waals surface area contributed by atoms with Crippen LogP contribution in [-0.2, 0) is 32.1 Å². The minimum absolute atomic E-state index is 0.0221. The molecule has 2 unspecified atom stereocenters. The molecule has 1 aliphatic rings. The lowest BCUT2D eigenvalue weighted by Gasteiger charge is -2.41. The Morgan fingerprint density at radius 1 is 1.07 bits per heavy atom. The van der Waals surface area contributed by atoms with Gasteiger partial charge in [-0.05, 0) is 76.8 Å². The first-order valence-corrected chi connectivity index (χ1v) is 15.0. The smallest absolute Gasteiger partial charge is 0.308 e. The maximum Gasteiger partial charge on any atom is 0.308 e. The number of imidazole rings is 1. The number of hydrogen-bond donors (Lipinski definition) is 1. The Labute approximate surface area is 253 Å². The fourth-order valence-electron chi connectivity index (χ4n) is 5.49. The molecule has 1 aromatic heterocycles. The second-order valence-corrected chi connectivity index (χ2v) is 12.8. The number of halogens is 1. The standard InChI is InChI=1S/C34H44FN3O5/c1-22(2)30-29(32(40)36-21-23-11-9-8-10-12-23)37-31(24-13-15-25(35)16-14-24)38(30)18-17-26-19-27(42-34(6,7)41-26)20-28(39)43-33(3,4)5/h8-16,22,26-27H,17-21H2,1-7H3,(H,36,40). The van der Waals surface area contributed by atoms with Crippen LogP contribution in [0.2, 0.25) is 0 Å². The lowest BCUT2D eigenvalue weighted by atomic mass is 10.0. The normalized spacial score (nSPS) is 18.4. The number of nitrogens with zero attached hydrogens (tertiary/aromatic N) is 2. The molecule has 1 aliphatic heterocycles. The SMILES string of the molecule is CC(C)c1c(C(=O)NCc2ccccc2)nc(-c2ccc(F)cc2)n1CCC1CC(CC(=O)OC(C)(C)C)OC(C)(C)O1. The molecule has 232 valence electrons. The van der Waals surface area contributed by atoms with E-state index in [2.05, 4.69) is 5.32 Å². The van der Waals surface area contributed by atoms with E-state index in [9.17, 15) is 14.0 Å². The van der Waals surface area contributed by atoms with E-state index in [4.69, 9.17) is 19.2 Å². The molecule has 1 amide bonds. The van der Waals surface area contributed by atoms with Crippen LogP contribution in [0.4, 0.5) is 4.39 Å². The van der Waals surface area contributed by atoms with E-state index in [0.29, 0.717) is 43.0 Å². The highest BCUT2D eigenvalue weighted by molar-refractivity contribution is 5.94. The minimum Gasteiger partial charge on any atom is -0.460 e. The molecule has 1 N–H and O–H groups in total. The van der Waals surface area contributed by atoms with Gasteiger partial charge in [-0.25, -0.2) is 9.37 Å². The Bertz CT molecular complexity index is 1390. The Balaban J connectivity index is 1.59. The number of ether oxygens (including phenoxy) is 3. The molecule has 0 saturated carbocycles. The monoisotopic (exact) mass is 593 g/mol. The summed E-state index contributed by atoms with van der Waals surface area (Å²) in [4.78, 5) is 30.9. The first-order chi connectivity index (χ1) is 20.2. The Kier molecular flexibility index (Phi) is 10.1. The topological polar surface area (TPSA) is 91.7 Å². The van der Waals surface area contributed by atoms with Gasteiger partial charge in [0.25, 0.3) is 5.91 Å². The van der Waals surface area contributed by atoms with Gasteiger partial charge in [0.15, 0.2) is 5.79 Å². The zero-order chi connectivity index (χ0) is 31.4. The summed E-state index contributed by atoms with van der Waals surface area (Å²) in [5, 5.41) is 3.01. The van der Waals surface area contributed by atoms with Gasteiger partial charge < -0.3 is 24.1 Å². The summed E-state index contributed by atoms with van der Waals surface area (Å²) < 4.78 is 33.8. The average molecular weight is 594 g/mol. The number of rotatable bonds is 10. The van der Waals surface area contributed by atoms with Crippen molar-refractivity contribution >= 4 is 11.9 Å². The average Bonchev–Trinajstić information content (AvgIpc) is 3.29. The third kappa shape index (κ3) is 8.97. The molecule has 0 aliphatic carbocycles. The van der Waals surface area contributed by atoms with Crippen LogP contribution in [-0.4, -0.2) is 45.0 Å². The van der Waals surface area contributed by atoms with Crippen LogP contribution in [0.1, 0.15) is 95.4 Å². The first-order valence-electron chi connectivity index (χ1n) is 15.0. The van der Waals surface area contributed by atoms with Crippen molar-refractivity contribution in [2.75, 3.05) is 0 Å². The van der Waals surface area contributed by atoms with E-state index >= 15 is 0 Å². The highest BCUT2D eigenvalue weighted by atomic mass is 19.1. The lowest BCUT2D eigenvalue weighted by molar-refractivity contribution is -0.301. The Morgan fingerprint density at radius 3 is 2.35 bits per heavy atom. The van der Waals surface area contributed by atoms with Crippen LogP contribution in [0.15, 0.2) is 54.6 Å². The van der Waals surface area contributed by atoms with Gasteiger partial charge in [-0.3, -0.25) is 9.59 Å². The molecule has 1 saturated heterocycles. The van der Waals surface area contributed by atoms with Crippen molar-refractivity contribution in [2.24, 2.45) is 0 Å². The summed E-state index contributed by atoms with van der Waals surface area (Å²) in [5.74, 6) is -1.24. The Morgan fingerprint density at radius 2 is 1.72 bits per heavy atom. The van der Waals surface area contributed by atoms with Crippen molar-refractivity contribution in [3.05, 3.63) is 77.4 Å². The van der Waals surface area contributed by atoms with Crippen molar-refractivity contribution in [3.63, 3.8) is 0 Å². The predicted molar refractivity (Wildman–Crippen MR) is 163 cm³/mol.